The monoisotopic (exact) mass is 169 g/mol. The molecule has 5 nitrogen and oxygen atoms in total. The van der Waals surface area contributed by atoms with Crippen LogP contribution in [-0.2, 0) is 9.32 Å². The number of carbonyl (C=O) groups excluding carboxylic acids is 1. The van der Waals surface area contributed by atoms with E-state index >= 15 is 0 Å². The van der Waals surface area contributed by atoms with Gasteiger partial charge in [0.05, 0.1) is 0 Å². The van der Waals surface area contributed by atoms with Crippen molar-refractivity contribution in [2.75, 3.05) is 19.9 Å². The molecule has 0 aliphatic rings. The molecule has 62 valence electrons. The minimum absolute atomic E-state index is 0.347. The fourth-order valence-corrected chi connectivity index (χ4v) is 0.996. The molecule has 0 heterocycles. The zero-order chi connectivity index (χ0) is 8.44. The summed E-state index contributed by atoms with van der Waals surface area (Å²) in [6, 6.07) is 0. The van der Waals surface area contributed by atoms with Crippen LogP contribution in [0.2, 0.25) is 0 Å². The zero-order valence-corrected chi connectivity index (χ0v) is 6.84. The van der Waals surface area contributed by atoms with Crippen LogP contribution in [0.3, 0.4) is 0 Å². The van der Waals surface area contributed by atoms with Crippen LogP contribution < -0.4 is 5.73 Å². The Bertz CT molecular complexity index is 140. The summed E-state index contributed by atoms with van der Waals surface area (Å²) in [7, 11) is -4.12. The van der Waals surface area contributed by atoms with Crippen LogP contribution in [0.1, 0.15) is 0 Å². The van der Waals surface area contributed by atoms with E-state index in [-0.39, 0.29) is 6.54 Å². The molecule has 0 aliphatic carbocycles. The van der Waals surface area contributed by atoms with Gasteiger partial charge in [-0.25, -0.2) is 0 Å². The SMILES string of the molecule is CP(C)(O)(O)OC(=O)CN. The van der Waals surface area contributed by atoms with Gasteiger partial charge in [0.2, 0.25) is 0 Å². The third kappa shape index (κ3) is 5.91. The quantitative estimate of drug-likeness (QED) is 0.462. The second-order valence-electron chi connectivity index (χ2n) is 2.53. The normalized spacial score (nSPS) is 15.5. The third-order valence-electron chi connectivity index (χ3n) is 0.533. The van der Waals surface area contributed by atoms with Crippen molar-refractivity contribution < 1.29 is 19.1 Å². The average Bonchev–Trinajstić information content (AvgIpc) is 1.59. The molecule has 6 heteroatoms. The first kappa shape index (κ1) is 9.78. The van der Waals surface area contributed by atoms with Gasteiger partial charge in [0.25, 0.3) is 0 Å². The maximum absolute atomic E-state index is 10.4. The van der Waals surface area contributed by atoms with Gasteiger partial charge in [0, 0.05) is 0 Å². The molecule has 0 saturated carbocycles. The van der Waals surface area contributed by atoms with Crippen molar-refractivity contribution in [1.82, 2.24) is 0 Å². The summed E-state index contributed by atoms with van der Waals surface area (Å²) in [5.41, 5.74) is 4.86. The van der Waals surface area contributed by atoms with E-state index in [1.165, 1.54) is 0 Å². The summed E-state index contributed by atoms with van der Waals surface area (Å²) >= 11 is 0. The predicted molar refractivity (Wildman–Crippen MR) is 38.4 cm³/mol. The van der Waals surface area contributed by atoms with Gasteiger partial charge in [-0.3, -0.25) is 0 Å². The van der Waals surface area contributed by atoms with E-state index in [1.807, 2.05) is 0 Å². The molecule has 0 aromatic carbocycles. The van der Waals surface area contributed by atoms with Gasteiger partial charge in [-0.15, -0.1) is 0 Å². The van der Waals surface area contributed by atoms with E-state index in [9.17, 15) is 4.79 Å². The minimum atomic E-state index is -4.12. The predicted octanol–water partition coefficient (Wildman–Crippen LogP) is -0.969. The number of nitrogens with two attached hydrogens (primary N) is 1. The van der Waals surface area contributed by atoms with Gasteiger partial charge in [-0.05, 0) is 0 Å². The standard InChI is InChI=1S/C4H12NO4P/c1-10(2,7,8)9-4(6)3-5/h7-8H,3,5H2,1-2H3. The van der Waals surface area contributed by atoms with E-state index < -0.39 is 13.3 Å². The second kappa shape index (κ2) is 2.43. The van der Waals surface area contributed by atoms with Crippen molar-refractivity contribution in [2.24, 2.45) is 5.73 Å². The average molecular weight is 169 g/mol. The molecule has 10 heavy (non-hydrogen) atoms. The number of hydrogen-bond donors (Lipinski definition) is 3. The molecule has 0 rings (SSSR count). The van der Waals surface area contributed by atoms with Gasteiger partial charge >= 0.3 is 58.0 Å². The van der Waals surface area contributed by atoms with Crippen LogP contribution in [0, 0.1) is 0 Å². The van der Waals surface area contributed by atoms with Crippen LogP contribution in [0.4, 0.5) is 0 Å². The van der Waals surface area contributed by atoms with Crippen molar-refractivity contribution in [3.8, 4) is 0 Å². The summed E-state index contributed by atoms with van der Waals surface area (Å²) in [4.78, 5) is 28.3. The first-order valence-corrected chi connectivity index (χ1v) is 5.60. The molecule has 0 bridgehead atoms. The topological polar surface area (TPSA) is 92.8 Å². The molecule has 0 saturated heterocycles. The summed E-state index contributed by atoms with van der Waals surface area (Å²) in [5.74, 6) is -0.812. The Balaban J connectivity index is 4.03. The van der Waals surface area contributed by atoms with Gasteiger partial charge in [-0.1, -0.05) is 0 Å². The summed E-state index contributed by atoms with van der Waals surface area (Å²) < 4.78 is 4.25. The first-order chi connectivity index (χ1) is 4.21. The van der Waals surface area contributed by atoms with Crippen LogP contribution in [0.25, 0.3) is 0 Å². The molecule has 0 aliphatic heterocycles. The number of rotatable bonds is 2. The fourth-order valence-electron chi connectivity index (χ4n) is 0.332. The van der Waals surface area contributed by atoms with Gasteiger partial charge < -0.3 is 0 Å². The summed E-state index contributed by atoms with van der Waals surface area (Å²) in [6.45, 7) is 1.79. The Hall–Kier alpha value is -0.220. The molecule has 0 fully saturated rings. The molecule has 0 amide bonds. The molecule has 0 radical (unpaired) electrons. The van der Waals surface area contributed by atoms with Crippen LogP contribution in [0.5, 0.6) is 0 Å². The van der Waals surface area contributed by atoms with Gasteiger partial charge in [-0.2, -0.15) is 0 Å². The molecule has 0 aromatic heterocycles. The molecular formula is C4H12NO4P. The van der Waals surface area contributed by atoms with Crippen LogP contribution in [-0.4, -0.2) is 35.6 Å². The molecular weight excluding hydrogens is 157 g/mol. The Kier molecular flexibility index (Phi) is 2.38. The molecule has 0 atom stereocenters. The third-order valence-corrected chi connectivity index (χ3v) is 1.26. The van der Waals surface area contributed by atoms with E-state index in [2.05, 4.69) is 4.52 Å². The first-order valence-electron chi connectivity index (χ1n) is 2.65. The Labute approximate surface area is 59.0 Å². The summed E-state index contributed by atoms with van der Waals surface area (Å²) in [6.07, 6.45) is 0. The maximum atomic E-state index is 10.4. The van der Waals surface area contributed by atoms with Crippen molar-refractivity contribution in [2.45, 2.75) is 0 Å². The van der Waals surface area contributed by atoms with E-state index in [1.54, 1.807) is 0 Å². The second-order valence-corrected chi connectivity index (χ2v) is 6.45. The van der Waals surface area contributed by atoms with E-state index in [0.29, 0.717) is 0 Å². The Morgan fingerprint density at radius 3 is 2.10 bits per heavy atom. The Morgan fingerprint density at radius 1 is 1.60 bits per heavy atom. The van der Waals surface area contributed by atoms with Gasteiger partial charge in [0.1, 0.15) is 0 Å². The van der Waals surface area contributed by atoms with Gasteiger partial charge in [0.15, 0.2) is 0 Å². The van der Waals surface area contributed by atoms with Crippen LogP contribution >= 0.6 is 7.28 Å². The van der Waals surface area contributed by atoms with Crippen molar-refractivity contribution in [1.29, 1.82) is 0 Å². The number of carbonyl (C=O) groups is 1. The van der Waals surface area contributed by atoms with Crippen molar-refractivity contribution in [3.63, 3.8) is 0 Å². The Morgan fingerprint density at radius 2 is 2.00 bits per heavy atom. The van der Waals surface area contributed by atoms with Crippen molar-refractivity contribution in [3.05, 3.63) is 0 Å². The summed E-state index contributed by atoms with van der Waals surface area (Å²) in [5, 5.41) is 0. The molecule has 0 aromatic rings. The van der Waals surface area contributed by atoms with Crippen molar-refractivity contribution >= 4 is 13.3 Å². The van der Waals surface area contributed by atoms with Crippen LogP contribution in [0.15, 0.2) is 0 Å². The zero-order valence-electron chi connectivity index (χ0n) is 5.94. The number of hydrogen-bond acceptors (Lipinski definition) is 5. The molecule has 0 unspecified atom stereocenters. The molecule has 0 spiro atoms. The van der Waals surface area contributed by atoms with E-state index in [4.69, 9.17) is 15.5 Å². The molecule has 4 N–H and O–H groups in total. The fraction of sp³-hybridized carbons (Fsp3) is 0.750. The van der Waals surface area contributed by atoms with E-state index in [0.717, 1.165) is 13.3 Å².